The van der Waals surface area contributed by atoms with E-state index in [1.54, 1.807) is 18.3 Å². The number of hydrogen-bond acceptors (Lipinski definition) is 3. The number of rotatable bonds is 9. The van der Waals surface area contributed by atoms with Gasteiger partial charge in [0.05, 0.1) is 12.2 Å². The molecule has 1 N–H and O–H groups in total. The van der Waals surface area contributed by atoms with E-state index < -0.39 is 11.7 Å². The van der Waals surface area contributed by atoms with Gasteiger partial charge in [-0.2, -0.15) is 13.2 Å². The lowest BCUT2D eigenvalue weighted by atomic mass is 10.1. The highest BCUT2D eigenvalue weighted by molar-refractivity contribution is 5.75. The van der Waals surface area contributed by atoms with Crippen LogP contribution in [-0.2, 0) is 11.3 Å². The number of pyridine rings is 2. The fourth-order valence-corrected chi connectivity index (χ4v) is 2.57. The van der Waals surface area contributed by atoms with Gasteiger partial charge in [0.2, 0.25) is 5.91 Å². The van der Waals surface area contributed by atoms with Gasteiger partial charge in [0, 0.05) is 30.6 Å². The highest BCUT2D eigenvalue weighted by Crippen LogP contribution is 2.27. The maximum atomic E-state index is 12.2. The van der Waals surface area contributed by atoms with E-state index in [0.717, 1.165) is 37.1 Å². The summed E-state index contributed by atoms with van der Waals surface area (Å²) in [6, 6.07) is 7.27. The molecular formula is C27H38F3N3O. The smallest absolute Gasteiger partial charge is 0.350 e. The summed E-state index contributed by atoms with van der Waals surface area (Å²) in [5.41, 5.74) is 2.27. The molecule has 2 aromatic heterocycles. The summed E-state index contributed by atoms with van der Waals surface area (Å²) < 4.78 is 36.6. The topological polar surface area (TPSA) is 54.9 Å². The Labute approximate surface area is 202 Å². The van der Waals surface area contributed by atoms with Crippen molar-refractivity contribution in [1.82, 2.24) is 15.3 Å². The van der Waals surface area contributed by atoms with Gasteiger partial charge in [-0.1, -0.05) is 58.7 Å². The predicted molar refractivity (Wildman–Crippen MR) is 134 cm³/mol. The van der Waals surface area contributed by atoms with E-state index in [1.165, 1.54) is 19.0 Å². The molecule has 0 unspecified atom stereocenters. The summed E-state index contributed by atoms with van der Waals surface area (Å²) >= 11 is 0. The third-order valence-electron chi connectivity index (χ3n) is 4.57. The average molecular weight is 478 g/mol. The van der Waals surface area contributed by atoms with E-state index in [0.29, 0.717) is 24.1 Å². The first kappa shape index (κ1) is 31.0. The monoisotopic (exact) mass is 477 g/mol. The second-order valence-corrected chi connectivity index (χ2v) is 7.51. The van der Waals surface area contributed by atoms with Crippen molar-refractivity contribution >= 4 is 11.5 Å². The minimum absolute atomic E-state index is 0.128. The van der Waals surface area contributed by atoms with Gasteiger partial charge in [-0.15, -0.1) is 0 Å². The van der Waals surface area contributed by atoms with Crippen molar-refractivity contribution in [2.45, 2.75) is 79.4 Å². The highest BCUT2D eigenvalue weighted by atomic mass is 19.4. The van der Waals surface area contributed by atoms with Gasteiger partial charge >= 0.3 is 6.18 Å². The maximum Gasteiger partial charge on any atom is 0.412 e. The normalized spacial score (nSPS) is 10.9. The third-order valence-corrected chi connectivity index (χ3v) is 4.57. The molecule has 2 aromatic rings. The second-order valence-electron chi connectivity index (χ2n) is 7.51. The summed E-state index contributed by atoms with van der Waals surface area (Å²) in [7, 11) is 0. The number of halogens is 3. The molecule has 0 aliphatic rings. The zero-order valence-corrected chi connectivity index (χ0v) is 21.0. The number of nitrogens with one attached hydrogen (secondary N) is 1. The van der Waals surface area contributed by atoms with Crippen LogP contribution in [0.4, 0.5) is 13.2 Å². The maximum absolute atomic E-state index is 12.2. The Morgan fingerprint density at radius 2 is 1.82 bits per heavy atom. The molecule has 34 heavy (non-hydrogen) atoms. The number of nitrogens with zero attached hydrogens (tertiary/aromatic N) is 2. The van der Waals surface area contributed by atoms with Crippen LogP contribution in [0.25, 0.3) is 5.57 Å². The summed E-state index contributed by atoms with van der Waals surface area (Å²) in [5.74, 6) is 0.128. The molecule has 0 saturated heterocycles. The Kier molecular flexibility index (Phi) is 16.0. The molecule has 0 aromatic carbocycles. The van der Waals surface area contributed by atoms with Crippen molar-refractivity contribution < 1.29 is 18.0 Å². The van der Waals surface area contributed by atoms with Crippen molar-refractivity contribution in [3.05, 3.63) is 77.9 Å². The van der Waals surface area contributed by atoms with Gasteiger partial charge in [0.1, 0.15) is 0 Å². The summed E-state index contributed by atoms with van der Waals surface area (Å²) in [5, 5.41) is 2.89. The number of carbonyl (C=O) groups excluding carboxylic acids is 1. The van der Waals surface area contributed by atoms with Gasteiger partial charge in [-0.05, 0) is 55.2 Å². The van der Waals surface area contributed by atoms with Crippen LogP contribution in [0.5, 0.6) is 0 Å². The van der Waals surface area contributed by atoms with E-state index in [2.05, 4.69) is 28.8 Å². The largest absolute Gasteiger partial charge is 0.412 e. The quantitative estimate of drug-likeness (QED) is 0.299. The van der Waals surface area contributed by atoms with Gasteiger partial charge in [0.15, 0.2) is 0 Å². The van der Waals surface area contributed by atoms with Crippen LogP contribution in [0.2, 0.25) is 0 Å². The van der Waals surface area contributed by atoms with E-state index in [1.807, 2.05) is 39.1 Å². The number of aromatic nitrogens is 2. The van der Waals surface area contributed by atoms with E-state index in [9.17, 15) is 18.0 Å². The Morgan fingerprint density at radius 1 is 1.12 bits per heavy atom. The van der Waals surface area contributed by atoms with Gasteiger partial charge in [-0.3, -0.25) is 14.8 Å². The Balaban J connectivity index is 0.000000601. The van der Waals surface area contributed by atoms with Crippen molar-refractivity contribution in [1.29, 1.82) is 0 Å². The lowest BCUT2D eigenvalue weighted by Crippen LogP contribution is -2.22. The fraction of sp³-hybridized carbons (Fsp3) is 0.444. The van der Waals surface area contributed by atoms with Crippen molar-refractivity contribution in [3.63, 3.8) is 0 Å². The molecule has 0 fully saturated rings. The van der Waals surface area contributed by atoms with E-state index in [4.69, 9.17) is 0 Å². The lowest BCUT2D eigenvalue weighted by molar-refractivity contribution is -0.121. The fourth-order valence-electron chi connectivity index (χ4n) is 2.57. The standard InChI is InChI=1S/C14H22N2O.C11H10F3N.C2H6/c1-3-4-5-6-7-14(17)16-11-13-9-8-12(2)10-15-13;1-8(6-9(2)11(12,13)14)10-4-3-5-15-7-10;1-2/h8-10H,3-7,11H2,1-2H3,(H,16,17);3-7H,1H2,2H3;1-2H3/b;9-6+;. The highest BCUT2D eigenvalue weighted by Gasteiger charge is 2.29. The number of aryl methyl sites for hydroxylation is 1. The van der Waals surface area contributed by atoms with Crippen LogP contribution in [-0.4, -0.2) is 22.1 Å². The molecule has 2 heterocycles. The summed E-state index contributed by atoms with van der Waals surface area (Å²) in [4.78, 5) is 19.6. The van der Waals surface area contributed by atoms with Gasteiger partial charge in [-0.25, -0.2) is 0 Å². The number of amides is 1. The summed E-state index contributed by atoms with van der Waals surface area (Å²) in [6.45, 7) is 13.3. The van der Waals surface area contributed by atoms with Crippen LogP contribution in [0.3, 0.4) is 0 Å². The van der Waals surface area contributed by atoms with Crippen molar-refractivity contribution in [2.24, 2.45) is 0 Å². The molecule has 0 saturated carbocycles. The molecule has 0 radical (unpaired) electrons. The number of unbranched alkanes of at least 4 members (excludes halogenated alkanes) is 3. The lowest BCUT2D eigenvalue weighted by Gasteiger charge is -2.07. The van der Waals surface area contributed by atoms with Gasteiger partial charge < -0.3 is 5.32 Å². The molecule has 188 valence electrons. The number of carbonyl (C=O) groups is 1. The molecule has 4 nitrogen and oxygen atoms in total. The third kappa shape index (κ3) is 14.2. The first-order valence-corrected chi connectivity index (χ1v) is 11.7. The molecule has 0 aliphatic carbocycles. The molecule has 0 atom stereocenters. The molecule has 7 heteroatoms. The summed E-state index contributed by atoms with van der Waals surface area (Å²) in [6.07, 6.45) is 6.74. The first-order valence-electron chi connectivity index (χ1n) is 11.7. The molecule has 0 spiro atoms. The predicted octanol–water partition coefficient (Wildman–Crippen LogP) is 7.61. The Morgan fingerprint density at radius 3 is 2.35 bits per heavy atom. The first-order chi connectivity index (χ1) is 16.1. The minimum atomic E-state index is -4.30. The van der Waals surface area contributed by atoms with Crippen molar-refractivity contribution in [3.8, 4) is 0 Å². The van der Waals surface area contributed by atoms with Crippen LogP contribution in [0.1, 0.15) is 76.6 Å². The zero-order chi connectivity index (χ0) is 26.0. The number of allylic oxidation sites excluding steroid dienone is 3. The Bertz CT molecular complexity index is 861. The van der Waals surface area contributed by atoms with Crippen LogP contribution >= 0.6 is 0 Å². The second kappa shape index (κ2) is 17.5. The molecule has 2 rings (SSSR count). The number of hydrogen-bond donors (Lipinski definition) is 1. The van der Waals surface area contributed by atoms with Crippen LogP contribution in [0, 0.1) is 6.92 Å². The zero-order valence-electron chi connectivity index (χ0n) is 21.0. The minimum Gasteiger partial charge on any atom is -0.350 e. The molecule has 0 bridgehead atoms. The molecular weight excluding hydrogens is 439 g/mol. The van der Waals surface area contributed by atoms with E-state index in [-0.39, 0.29) is 5.91 Å². The SMILES string of the molecule is C=C(/C=C(\C)C(F)(F)F)c1cccnc1.CC.CCCCCCC(=O)NCc1ccc(C)cn1. The van der Waals surface area contributed by atoms with Crippen molar-refractivity contribution in [2.75, 3.05) is 0 Å². The average Bonchev–Trinajstić information content (AvgIpc) is 2.83. The molecule has 0 aliphatic heterocycles. The van der Waals surface area contributed by atoms with Gasteiger partial charge in [0.25, 0.3) is 0 Å². The van der Waals surface area contributed by atoms with E-state index >= 15 is 0 Å². The molecule has 1 amide bonds. The Hall–Kier alpha value is -2.96. The number of alkyl halides is 3. The van der Waals surface area contributed by atoms with Crippen LogP contribution < -0.4 is 5.32 Å². The van der Waals surface area contributed by atoms with Crippen LogP contribution in [0.15, 0.2) is 61.1 Å².